The zero-order chi connectivity index (χ0) is 13.7. The molecule has 0 atom stereocenters. The van der Waals surface area contributed by atoms with E-state index in [4.69, 9.17) is 10.5 Å². The fourth-order valence-electron chi connectivity index (χ4n) is 2.25. The van der Waals surface area contributed by atoms with Crippen LogP contribution in [0.2, 0.25) is 0 Å². The second-order valence-corrected chi connectivity index (χ2v) is 4.50. The lowest BCUT2D eigenvalue weighted by Gasteiger charge is -2.36. The summed E-state index contributed by atoms with van der Waals surface area (Å²) in [6.07, 6.45) is 0. The van der Waals surface area contributed by atoms with Gasteiger partial charge >= 0.3 is 0 Å². The lowest BCUT2D eigenvalue weighted by Crippen LogP contribution is -2.51. The fraction of sp³-hybridized carbons (Fsp3) is 0.500. The average Bonchev–Trinajstić information content (AvgIpc) is 2.48. The van der Waals surface area contributed by atoms with Crippen LogP contribution in [0.3, 0.4) is 0 Å². The second kappa shape index (κ2) is 6.31. The zero-order valence-corrected chi connectivity index (χ0v) is 11.7. The molecule has 1 aromatic rings. The number of ether oxygens (including phenoxy) is 1. The molecule has 0 radical (unpaired) electrons. The molecule has 0 bridgehead atoms. The number of nitrogens with zero attached hydrogens (tertiary/aromatic N) is 3. The Hall–Kier alpha value is -1.91. The van der Waals surface area contributed by atoms with Crippen molar-refractivity contribution in [3.8, 4) is 5.75 Å². The van der Waals surface area contributed by atoms with Crippen LogP contribution in [0.4, 0.5) is 5.69 Å². The van der Waals surface area contributed by atoms with E-state index >= 15 is 0 Å². The summed E-state index contributed by atoms with van der Waals surface area (Å²) in [5, 5.41) is 0. The third-order valence-electron chi connectivity index (χ3n) is 3.36. The van der Waals surface area contributed by atoms with Gasteiger partial charge in [-0.1, -0.05) is 0 Å². The van der Waals surface area contributed by atoms with Crippen molar-refractivity contribution in [2.24, 2.45) is 10.7 Å². The average molecular weight is 262 g/mol. The highest BCUT2D eigenvalue weighted by molar-refractivity contribution is 5.78. The Kier molecular flexibility index (Phi) is 4.49. The Morgan fingerprint density at radius 1 is 1.21 bits per heavy atom. The van der Waals surface area contributed by atoms with Crippen molar-refractivity contribution < 1.29 is 4.74 Å². The molecule has 1 aliphatic heterocycles. The molecule has 1 heterocycles. The molecule has 1 aliphatic rings. The maximum Gasteiger partial charge on any atom is 0.191 e. The van der Waals surface area contributed by atoms with E-state index in [0.717, 1.165) is 38.5 Å². The Labute approximate surface area is 114 Å². The van der Waals surface area contributed by atoms with Crippen LogP contribution in [0.25, 0.3) is 0 Å². The molecule has 19 heavy (non-hydrogen) atoms. The quantitative estimate of drug-likeness (QED) is 0.656. The van der Waals surface area contributed by atoms with Crippen LogP contribution in [0.15, 0.2) is 29.3 Å². The Morgan fingerprint density at radius 3 is 2.37 bits per heavy atom. The summed E-state index contributed by atoms with van der Waals surface area (Å²) < 4.78 is 5.17. The molecule has 1 saturated heterocycles. The molecule has 2 rings (SSSR count). The first kappa shape index (κ1) is 13.5. The first-order chi connectivity index (χ1) is 9.24. The molecule has 5 nitrogen and oxygen atoms in total. The van der Waals surface area contributed by atoms with Crippen LogP contribution in [0.5, 0.6) is 5.75 Å². The van der Waals surface area contributed by atoms with E-state index in [2.05, 4.69) is 26.9 Å². The maximum absolute atomic E-state index is 5.92. The van der Waals surface area contributed by atoms with Gasteiger partial charge in [-0.05, 0) is 31.2 Å². The molecule has 1 aromatic carbocycles. The van der Waals surface area contributed by atoms with Crippen LogP contribution < -0.4 is 15.4 Å². The monoisotopic (exact) mass is 262 g/mol. The van der Waals surface area contributed by atoms with Gasteiger partial charge in [0.15, 0.2) is 5.96 Å². The van der Waals surface area contributed by atoms with Gasteiger partial charge in [0.25, 0.3) is 0 Å². The third-order valence-corrected chi connectivity index (χ3v) is 3.36. The summed E-state index contributed by atoms with van der Waals surface area (Å²) in [6, 6.07) is 8.18. The number of guanidine groups is 1. The van der Waals surface area contributed by atoms with Gasteiger partial charge in [-0.25, -0.2) is 0 Å². The van der Waals surface area contributed by atoms with Gasteiger partial charge in [0.05, 0.1) is 7.11 Å². The number of hydrogen-bond acceptors (Lipinski definition) is 3. The van der Waals surface area contributed by atoms with Crippen LogP contribution >= 0.6 is 0 Å². The van der Waals surface area contributed by atoms with Crippen molar-refractivity contribution in [2.75, 3.05) is 44.7 Å². The van der Waals surface area contributed by atoms with Gasteiger partial charge in [-0.15, -0.1) is 0 Å². The van der Waals surface area contributed by atoms with Crippen molar-refractivity contribution in [1.82, 2.24) is 4.90 Å². The van der Waals surface area contributed by atoms with Crippen LogP contribution in [0.1, 0.15) is 6.92 Å². The molecule has 1 fully saturated rings. The normalized spacial score (nSPS) is 16.6. The molecule has 0 spiro atoms. The minimum absolute atomic E-state index is 0.664. The highest BCUT2D eigenvalue weighted by Crippen LogP contribution is 2.20. The lowest BCUT2D eigenvalue weighted by atomic mass is 10.2. The highest BCUT2D eigenvalue weighted by Gasteiger charge is 2.18. The van der Waals surface area contributed by atoms with Crippen LogP contribution in [-0.4, -0.2) is 50.7 Å². The summed E-state index contributed by atoms with van der Waals surface area (Å²) >= 11 is 0. The number of benzene rings is 1. The standard InChI is InChI=1S/C14H22N4O/c1-3-16-14(15)18-10-8-17(9-11-18)12-4-6-13(19-2)7-5-12/h4-7H,3,8-11H2,1-2H3,(H2,15,16). The Morgan fingerprint density at radius 2 is 1.84 bits per heavy atom. The molecule has 0 aliphatic carbocycles. The second-order valence-electron chi connectivity index (χ2n) is 4.50. The highest BCUT2D eigenvalue weighted by atomic mass is 16.5. The molecular weight excluding hydrogens is 240 g/mol. The van der Waals surface area contributed by atoms with E-state index < -0.39 is 0 Å². The number of methoxy groups -OCH3 is 1. The van der Waals surface area contributed by atoms with E-state index in [-0.39, 0.29) is 0 Å². The summed E-state index contributed by atoms with van der Waals surface area (Å²) in [5.74, 6) is 1.55. The van der Waals surface area contributed by atoms with Crippen molar-refractivity contribution in [3.63, 3.8) is 0 Å². The van der Waals surface area contributed by atoms with Crippen molar-refractivity contribution in [3.05, 3.63) is 24.3 Å². The first-order valence-corrected chi connectivity index (χ1v) is 6.68. The number of rotatable bonds is 3. The summed E-state index contributed by atoms with van der Waals surface area (Å²) in [7, 11) is 1.68. The van der Waals surface area contributed by atoms with E-state index in [9.17, 15) is 0 Å². The predicted molar refractivity (Wildman–Crippen MR) is 78.9 cm³/mol. The van der Waals surface area contributed by atoms with Gasteiger partial charge in [-0.2, -0.15) is 0 Å². The number of nitrogens with two attached hydrogens (primary N) is 1. The molecule has 104 valence electrons. The number of piperazine rings is 1. The summed E-state index contributed by atoms with van der Waals surface area (Å²) in [6.45, 7) is 6.51. The largest absolute Gasteiger partial charge is 0.497 e. The maximum atomic E-state index is 5.92. The predicted octanol–water partition coefficient (Wildman–Crippen LogP) is 1.15. The number of anilines is 1. The van der Waals surface area contributed by atoms with Gasteiger partial charge in [-0.3, -0.25) is 4.99 Å². The smallest absolute Gasteiger partial charge is 0.191 e. The van der Waals surface area contributed by atoms with Crippen LogP contribution in [0, 0.1) is 0 Å². The van der Waals surface area contributed by atoms with E-state index in [1.54, 1.807) is 7.11 Å². The lowest BCUT2D eigenvalue weighted by molar-refractivity contribution is 0.381. The summed E-state index contributed by atoms with van der Waals surface area (Å²) in [4.78, 5) is 8.75. The number of aliphatic imine (C=N–C) groups is 1. The summed E-state index contributed by atoms with van der Waals surface area (Å²) in [5.41, 5.74) is 7.15. The topological polar surface area (TPSA) is 54.1 Å². The zero-order valence-electron chi connectivity index (χ0n) is 11.7. The minimum atomic E-state index is 0.664. The molecule has 5 heteroatoms. The van der Waals surface area contributed by atoms with Crippen molar-refractivity contribution >= 4 is 11.6 Å². The van der Waals surface area contributed by atoms with Crippen molar-refractivity contribution in [1.29, 1.82) is 0 Å². The molecule has 0 aromatic heterocycles. The Bertz CT molecular complexity index is 422. The van der Waals surface area contributed by atoms with Crippen LogP contribution in [-0.2, 0) is 0 Å². The minimum Gasteiger partial charge on any atom is -0.497 e. The molecule has 2 N–H and O–H groups in total. The number of hydrogen-bond donors (Lipinski definition) is 1. The molecular formula is C14H22N4O. The molecule has 0 unspecified atom stereocenters. The van der Waals surface area contributed by atoms with E-state index in [1.165, 1.54) is 5.69 Å². The van der Waals surface area contributed by atoms with Gasteiger partial charge in [0.1, 0.15) is 5.75 Å². The first-order valence-electron chi connectivity index (χ1n) is 6.68. The third kappa shape index (κ3) is 3.30. The SMILES string of the molecule is CCN=C(N)N1CCN(c2ccc(OC)cc2)CC1. The van der Waals surface area contributed by atoms with Crippen molar-refractivity contribution in [2.45, 2.75) is 6.92 Å². The van der Waals surface area contributed by atoms with E-state index in [0.29, 0.717) is 5.96 Å². The van der Waals surface area contributed by atoms with Gasteiger partial charge < -0.3 is 20.3 Å². The van der Waals surface area contributed by atoms with Gasteiger partial charge in [0.2, 0.25) is 0 Å². The molecule has 0 amide bonds. The van der Waals surface area contributed by atoms with Gasteiger partial charge in [0, 0.05) is 38.4 Å². The fourth-order valence-corrected chi connectivity index (χ4v) is 2.25. The van der Waals surface area contributed by atoms with E-state index in [1.807, 2.05) is 19.1 Å². The molecule has 0 saturated carbocycles. The Balaban J connectivity index is 1.93.